The predicted octanol–water partition coefficient (Wildman–Crippen LogP) is 4.17. The van der Waals surface area contributed by atoms with Crippen LogP contribution in [-0.4, -0.2) is 23.0 Å². The number of carbonyl (C=O) groups excluding carboxylic acids is 1. The molecule has 2 fully saturated rings. The van der Waals surface area contributed by atoms with Crippen molar-refractivity contribution in [2.24, 2.45) is 5.92 Å². The lowest BCUT2D eigenvalue weighted by Gasteiger charge is -2.30. The summed E-state index contributed by atoms with van der Waals surface area (Å²) in [7, 11) is 0. The van der Waals surface area contributed by atoms with E-state index in [1.807, 2.05) is 25.3 Å². The third-order valence-corrected chi connectivity index (χ3v) is 5.41. The molecule has 4 nitrogen and oxygen atoms in total. The third-order valence-electron chi connectivity index (χ3n) is 5.41. The molecule has 0 unspecified atom stereocenters. The van der Waals surface area contributed by atoms with Gasteiger partial charge in [-0.3, -0.25) is 4.79 Å². The summed E-state index contributed by atoms with van der Waals surface area (Å²) in [5.41, 5.74) is 1.15. The second kappa shape index (κ2) is 8.50. The van der Waals surface area contributed by atoms with Crippen molar-refractivity contribution in [1.82, 2.24) is 10.3 Å². The first-order valence-electron chi connectivity index (χ1n) is 9.58. The Morgan fingerprint density at radius 1 is 1.12 bits per heavy atom. The maximum atomic E-state index is 12.2. The van der Waals surface area contributed by atoms with Crippen molar-refractivity contribution in [3.63, 3.8) is 0 Å². The lowest BCUT2D eigenvalue weighted by molar-refractivity contribution is -0.123. The molecule has 0 spiro atoms. The number of nitrogens with zero attached hydrogens (tertiary/aromatic N) is 1. The smallest absolute Gasteiger partial charge is 0.220 e. The van der Waals surface area contributed by atoms with Crippen molar-refractivity contribution >= 4 is 5.91 Å². The van der Waals surface area contributed by atoms with Gasteiger partial charge in [-0.1, -0.05) is 25.3 Å². The molecule has 1 amide bonds. The quantitative estimate of drug-likeness (QED) is 0.881. The highest BCUT2D eigenvalue weighted by atomic mass is 16.5. The molecular weight excluding hydrogens is 300 g/mol. The molecule has 4 heteroatoms. The molecule has 1 aromatic heterocycles. The van der Waals surface area contributed by atoms with Crippen molar-refractivity contribution in [1.29, 1.82) is 0 Å². The fraction of sp³-hybridized carbons (Fsp3) is 0.700. The molecule has 2 aliphatic carbocycles. The second-order valence-corrected chi connectivity index (χ2v) is 7.54. The monoisotopic (exact) mass is 330 g/mol. The first-order valence-corrected chi connectivity index (χ1v) is 9.58. The van der Waals surface area contributed by atoms with Crippen LogP contribution in [-0.2, 0) is 4.79 Å². The molecule has 1 N–H and O–H groups in total. The highest BCUT2D eigenvalue weighted by Gasteiger charge is 2.25. The van der Waals surface area contributed by atoms with Crippen molar-refractivity contribution in [3.8, 4) is 5.88 Å². The van der Waals surface area contributed by atoms with E-state index in [1.54, 1.807) is 0 Å². The van der Waals surface area contributed by atoms with Crippen LogP contribution in [0, 0.1) is 12.8 Å². The molecular formula is C20H30N2O2. The lowest BCUT2D eigenvalue weighted by atomic mass is 9.86. The molecule has 0 atom stereocenters. The maximum absolute atomic E-state index is 12.2. The zero-order valence-electron chi connectivity index (χ0n) is 14.8. The Hall–Kier alpha value is -1.58. The van der Waals surface area contributed by atoms with E-state index in [0.29, 0.717) is 17.8 Å². The molecule has 24 heavy (non-hydrogen) atoms. The van der Waals surface area contributed by atoms with Crippen LogP contribution in [0.4, 0.5) is 0 Å². The third kappa shape index (κ3) is 5.22. The zero-order chi connectivity index (χ0) is 16.8. The minimum atomic E-state index is 0.228. The van der Waals surface area contributed by atoms with Crippen molar-refractivity contribution < 1.29 is 9.53 Å². The fourth-order valence-electron chi connectivity index (χ4n) is 3.96. The number of aryl methyl sites for hydroxylation is 1. The van der Waals surface area contributed by atoms with Gasteiger partial charge in [0, 0.05) is 24.7 Å². The van der Waals surface area contributed by atoms with Gasteiger partial charge in [0.25, 0.3) is 0 Å². The summed E-state index contributed by atoms with van der Waals surface area (Å²) in [6.07, 6.45) is 13.2. The summed E-state index contributed by atoms with van der Waals surface area (Å²) in [6.45, 7) is 2.03. The number of hydrogen-bond donors (Lipinski definition) is 1. The summed E-state index contributed by atoms with van der Waals surface area (Å²) >= 11 is 0. The number of carbonyl (C=O) groups is 1. The van der Waals surface area contributed by atoms with E-state index in [1.165, 1.54) is 32.1 Å². The van der Waals surface area contributed by atoms with E-state index < -0.39 is 0 Å². The molecule has 0 aromatic carbocycles. The summed E-state index contributed by atoms with van der Waals surface area (Å²) in [5, 5.41) is 3.25. The fourth-order valence-corrected chi connectivity index (χ4v) is 3.96. The Morgan fingerprint density at radius 3 is 2.54 bits per heavy atom. The summed E-state index contributed by atoms with van der Waals surface area (Å²) in [6, 6.07) is 4.29. The highest BCUT2D eigenvalue weighted by molar-refractivity contribution is 5.76. The Labute approximate surface area is 145 Å². The van der Waals surface area contributed by atoms with Gasteiger partial charge >= 0.3 is 0 Å². The van der Waals surface area contributed by atoms with Gasteiger partial charge in [-0.15, -0.1) is 0 Å². The van der Waals surface area contributed by atoms with Crippen LogP contribution >= 0.6 is 0 Å². The van der Waals surface area contributed by atoms with Gasteiger partial charge in [0.15, 0.2) is 0 Å². The minimum absolute atomic E-state index is 0.228. The van der Waals surface area contributed by atoms with Gasteiger partial charge in [-0.05, 0) is 56.9 Å². The molecule has 3 rings (SSSR count). The molecule has 2 saturated carbocycles. The van der Waals surface area contributed by atoms with Gasteiger partial charge in [0.05, 0.1) is 0 Å². The van der Waals surface area contributed by atoms with Gasteiger partial charge in [-0.2, -0.15) is 0 Å². The first-order chi connectivity index (χ1) is 11.7. The molecule has 0 saturated heterocycles. The van der Waals surface area contributed by atoms with Gasteiger partial charge in [0.1, 0.15) is 6.10 Å². The summed E-state index contributed by atoms with van der Waals surface area (Å²) in [5.74, 6) is 1.59. The Kier molecular flexibility index (Phi) is 6.11. The topological polar surface area (TPSA) is 51.2 Å². The number of rotatable bonds is 5. The highest BCUT2D eigenvalue weighted by Crippen LogP contribution is 2.27. The van der Waals surface area contributed by atoms with E-state index in [4.69, 9.17) is 4.74 Å². The number of ether oxygens (including phenoxy) is 1. The average molecular weight is 330 g/mol. The Bertz CT molecular complexity index is 515. The lowest BCUT2D eigenvalue weighted by Crippen LogP contribution is -2.40. The van der Waals surface area contributed by atoms with Gasteiger partial charge in [-0.25, -0.2) is 4.98 Å². The van der Waals surface area contributed by atoms with Crippen LogP contribution in [0.2, 0.25) is 0 Å². The molecule has 1 aromatic rings. The average Bonchev–Trinajstić information content (AvgIpc) is 2.59. The Morgan fingerprint density at radius 2 is 1.88 bits per heavy atom. The number of hydrogen-bond acceptors (Lipinski definition) is 3. The zero-order valence-corrected chi connectivity index (χ0v) is 14.8. The first kappa shape index (κ1) is 17.2. The summed E-state index contributed by atoms with van der Waals surface area (Å²) < 4.78 is 5.96. The van der Waals surface area contributed by atoms with E-state index in [0.717, 1.165) is 37.7 Å². The van der Waals surface area contributed by atoms with Crippen molar-refractivity contribution in [2.75, 3.05) is 0 Å². The number of aromatic nitrogens is 1. The maximum Gasteiger partial charge on any atom is 0.220 e. The largest absolute Gasteiger partial charge is 0.474 e. The van der Waals surface area contributed by atoms with Crippen LogP contribution in [0.5, 0.6) is 5.88 Å². The van der Waals surface area contributed by atoms with E-state index in [-0.39, 0.29) is 12.0 Å². The SMILES string of the molecule is Cc1ccc(OC2CCC(NC(=O)CC3CCCCC3)CC2)nc1. The van der Waals surface area contributed by atoms with E-state index in [9.17, 15) is 4.79 Å². The predicted molar refractivity (Wildman–Crippen MR) is 95.0 cm³/mol. The molecule has 2 aliphatic rings. The number of nitrogens with one attached hydrogen (secondary N) is 1. The van der Waals surface area contributed by atoms with Crippen molar-refractivity contribution in [2.45, 2.75) is 83.3 Å². The van der Waals surface area contributed by atoms with Gasteiger partial charge in [0.2, 0.25) is 11.8 Å². The number of amides is 1. The molecule has 1 heterocycles. The molecule has 0 aliphatic heterocycles. The standard InChI is InChI=1S/C20H30N2O2/c1-15-7-12-20(21-14-15)24-18-10-8-17(9-11-18)22-19(23)13-16-5-3-2-4-6-16/h7,12,14,16-18H,2-6,8-11,13H2,1H3,(H,22,23). The Balaban J connectivity index is 1.37. The molecule has 0 radical (unpaired) electrons. The normalized spacial score (nSPS) is 25.2. The van der Waals surface area contributed by atoms with Gasteiger partial charge < -0.3 is 10.1 Å². The van der Waals surface area contributed by atoms with Crippen LogP contribution in [0.3, 0.4) is 0 Å². The molecule has 0 bridgehead atoms. The number of pyridine rings is 1. The van der Waals surface area contributed by atoms with Crippen molar-refractivity contribution in [3.05, 3.63) is 23.9 Å². The summed E-state index contributed by atoms with van der Waals surface area (Å²) in [4.78, 5) is 16.5. The van der Waals surface area contributed by atoms with E-state index >= 15 is 0 Å². The van der Waals surface area contributed by atoms with E-state index in [2.05, 4.69) is 10.3 Å². The second-order valence-electron chi connectivity index (χ2n) is 7.54. The van der Waals surface area contributed by atoms with Crippen LogP contribution in [0.25, 0.3) is 0 Å². The van der Waals surface area contributed by atoms with Crippen LogP contribution < -0.4 is 10.1 Å². The van der Waals surface area contributed by atoms with Crippen LogP contribution in [0.15, 0.2) is 18.3 Å². The van der Waals surface area contributed by atoms with Crippen LogP contribution in [0.1, 0.15) is 69.8 Å². The molecule has 132 valence electrons. The minimum Gasteiger partial charge on any atom is -0.474 e.